The first-order valence-corrected chi connectivity index (χ1v) is 4.67. The summed E-state index contributed by atoms with van der Waals surface area (Å²) < 4.78 is 0. The number of carbonyl (C=O) groups is 1. The van der Waals surface area contributed by atoms with Gasteiger partial charge in [-0.25, -0.2) is 5.06 Å². The van der Waals surface area contributed by atoms with Crippen molar-refractivity contribution in [2.45, 2.75) is 0 Å². The van der Waals surface area contributed by atoms with Gasteiger partial charge in [0, 0.05) is 13.1 Å². The van der Waals surface area contributed by atoms with Crippen LogP contribution < -0.4 is 0 Å². The first-order valence-electron chi connectivity index (χ1n) is 4.67. The van der Waals surface area contributed by atoms with Gasteiger partial charge in [-0.1, -0.05) is 12.1 Å². The Hall–Kier alpha value is -2.12. The van der Waals surface area contributed by atoms with Crippen molar-refractivity contribution in [3.63, 3.8) is 0 Å². The summed E-state index contributed by atoms with van der Waals surface area (Å²) in [5.41, 5.74) is 1.37. The van der Waals surface area contributed by atoms with Crippen molar-refractivity contribution in [3.05, 3.63) is 41.5 Å². The van der Waals surface area contributed by atoms with Gasteiger partial charge in [-0.3, -0.25) is 9.63 Å². The predicted molar refractivity (Wildman–Crippen MR) is 60.0 cm³/mol. The normalized spacial score (nSPS) is 10.1. The Bertz CT molecular complexity index is 447. The number of amides is 1. The number of hydrogen-bond donors (Lipinski definition) is 0. The van der Waals surface area contributed by atoms with Crippen LogP contribution in [0, 0.1) is 11.3 Å². The predicted octanol–water partition coefficient (Wildman–Crippen LogP) is 1.59. The van der Waals surface area contributed by atoms with Crippen LogP contribution in [0.15, 0.2) is 30.3 Å². The van der Waals surface area contributed by atoms with E-state index >= 15 is 0 Å². The first kappa shape index (κ1) is 12.0. The summed E-state index contributed by atoms with van der Waals surface area (Å²) in [7, 11) is 2.94. The Labute approximate surface area is 94.3 Å². The number of nitrogens with zero attached hydrogens (tertiary/aromatic N) is 2. The maximum Gasteiger partial charge on any atom is 0.269 e. The Morgan fingerprint density at radius 1 is 1.56 bits per heavy atom. The number of likely N-dealkylation sites (N-methyl/N-ethyl adjacent to an activating group) is 1. The monoisotopic (exact) mass is 216 g/mol. The molecule has 0 atom stereocenters. The van der Waals surface area contributed by atoms with Crippen molar-refractivity contribution in [1.29, 1.82) is 5.26 Å². The lowest BCUT2D eigenvalue weighted by atomic mass is 10.1. The third-order valence-electron chi connectivity index (χ3n) is 2.02. The van der Waals surface area contributed by atoms with E-state index in [2.05, 4.69) is 0 Å². The van der Waals surface area contributed by atoms with Gasteiger partial charge < -0.3 is 0 Å². The van der Waals surface area contributed by atoms with Crippen LogP contribution in [0.4, 0.5) is 0 Å². The van der Waals surface area contributed by atoms with Gasteiger partial charge in [0.25, 0.3) is 5.91 Å². The molecule has 0 bridgehead atoms. The van der Waals surface area contributed by atoms with Gasteiger partial charge in [0.1, 0.15) is 0 Å². The van der Waals surface area contributed by atoms with Crippen LogP contribution in [0.1, 0.15) is 11.1 Å². The molecule has 0 aliphatic heterocycles. The van der Waals surface area contributed by atoms with Gasteiger partial charge in [0.15, 0.2) is 0 Å². The van der Waals surface area contributed by atoms with Gasteiger partial charge in [-0.15, -0.1) is 0 Å². The molecule has 1 aromatic rings. The van der Waals surface area contributed by atoms with Crippen LogP contribution in [0.25, 0.3) is 6.08 Å². The minimum absolute atomic E-state index is 0.259. The molecule has 1 rings (SSSR count). The smallest absolute Gasteiger partial charge is 0.269 e. The van der Waals surface area contributed by atoms with Crippen molar-refractivity contribution < 1.29 is 9.63 Å². The minimum atomic E-state index is -0.259. The molecule has 82 valence electrons. The Morgan fingerprint density at radius 2 is 2.31 bits per heavy atom. The van der Waals surface area contributed by atoms with Crippen molar-refractivity contribution in [2.24, 2.45) is 0 Å². The molecular weight excluding hydrogens is 204 g/mol. The summed E-state index contributed by atoms with van der Waals surface area (Å²) >= 11 is 0. The SMILES string of the molecule is CON(C)C(=O)/C=C/c1cccc(C#N)c1. The number of carbonyl (C=O) groups excluding carboxylic acids is 1. The molecule has 0 saturated heterocycles. The Balaban J connectivity index is 2.77. The summed E-state index contributed by atoms with van der Waals surface area (Å²) in [6.07, 6.45) is 3.03. The number of benzene rings is 1. The van der Waals surface area contributed by atoms with Crippen LogP contribution in [-0.4, -0.2) is 25.1 Å². The maximum absolute atomic E-state index is 11.4. The molecule has 4 nitrogen and oxygen atoms in total. The fourth-order valence-electron chi connectivity index (χ4n) is 1.07. The summed E-state index contributed by atoms with van der Waals surface area (Å²) in [6.45, 7) is 0. The van der Waals surface area contributed by atoms with Crippen molar-refractivity contribution in [3.8, 4) is 6.07 Å². The van der Waals surface area contributed by atoms with Gasteiger partial charge in [0.05, 0.1) is 18.7 Å². The van der Waals surface area contributed by atoms with Crippen LogP contribution in [0.5, 0.6) is 0 Å². The molecule has 0 heterocycles. The molecule has 16 heavy (non-hydrogen) atoms. The molecule has 0 N–H and O–H groups in total. The van der Waals surface area contributed by atoms with Gasteiger partial charge >= 0.3 is 0 Å². The lowest BCUT2D eigenvalue weighted by Gasteiger charge is -2.09. The average molecular weight is 216 g/mol. The van der Waals surface area contributed by atoms with Crippen LogP contribution in [0.3, 0.4) is 0 Å². The third-order valence-corrected chi connectivity index (χ3v) is 2.02. The highest BCUT2D eigenvalue weighted by Crippen LogP contribution is 2.06. The van der Waals surface area contributed by atoms with E-state index in [1.807, 2.05) is 12.1 Å². The van der Waals surface area contributed by atoms with Gasteiger partial charge in [-0.05, 0) is 23.8 Å². The zero-order valence-electron chi connectivity index (χ0n) is 9.18. The van der Waals surface area contributed by atoms with Gasteiger partial charge in [0.2, 0.25) is 0 Å². The standard InChI is InChI=1S/C12H12N2O2/c1-14(16-2)12(15)7-6-10-4-3-5-11(8-10)9-13/h3-8H,1-2H3/b7-6+. The molecule has 0 aromatic heterocycles. The van der Waals surface area contributed by atoms with E-state index in [-0.39, 0.29) is 5.91 Å². The summed E-state index contributed by atoms with van der Waals surface area (Å²) in [5, 5.41) is 9.81. The molecule has 0 spiro atoms. The number of hydrogen-bond acceptors (Lipinski definition) is 3. The molecule has 0 aliphatic carbocycles. The van der Waals surface area contributed by atoms with E-state index in [1.165, 1.54) is 20.2 Å². The van der Waals surface area contributed by atoms with Gasteiger partial charge in [-0.2, -0.15) is 5.26 Å². The fourth-order valence-corrected chi connectivity index (χ4v) is 1.07. The number of nitriles is 1. The second-order valence-corrected chi connectivity index (χ2v) is 3.09. The van der Waals surface area contributed by atoms with Crippen LogP contribution >= 0.6 is 0 Å². The zero-order chi connectivity index (χ0) is 12.0. The molecule has 0 radical (unpaired) electrons. The highest BCUT2D eigenvalue weighted by molar-refractivity contribution is 5.90. The van der Waals surface area contributed by atoms with E-state index in [4.69, 9.17) is 10.1 Å². The lowest BCUT2D eigenvalue weighted by Crippen LogP contribution is -2.22. The average Bonchev–Trinajstić information content (AvgIpc) is 2.35. The lowest BCUT2D eigenvalue weighted by molar-refractivity contribution is -0.162. The maximum atomic E-state index is 11.4. The van der Waals surface area contributed by atoms with E-state index in [0.29, 0.717) is 5.56 Å². The molecule has 4 heteroatoms. The van der Waals surface area contributed by atoms with Crippen molar-refractivity contribution >= 4 is 12.0 Å². The second kappa shape index (κ2) is 5.69. The number of hydroxylamine groups is 2. The zero-order valence-corrected chi connectivity index (χ0v) is 9.18. The van der Waals surface area contributed by atoms with Crippen LogP contribution in [-0.2, 0) is 9.63 Å². The molecular formula is C12H12N2O2. The van der Waals surface area contributed by atoms with E-state index in [9.17, 15) is 4.79 Å². The Morgan fingerprint density at radius 3 is 2.94 bits per heavy atom. The largest absolute Gasteiger partial charge is 0.274 e. The second-order valence-electron chi connectivity index (χ2n) is 3.09. The molecule has 1 amide bonds. The minimum Gasteiger partial charge on any atom is -0.274 e. The molecule has 0 aliphatic rings. The van der Waals surface area contributed by atoms with Crippen LogP contribution in [0.2, 0.25) is 0 Å². The third kappa shape index (κ3) is 3.23. The summed E-state index contributed by atoms with van der Waals surface area (Å²) in [6, 6.07) is 9.03. The highest BCUT2D eigenvalue weighted by Gasteiger charge is 2.01. The molecule has 0 fully saturated rings. The van der Waals surface area contributed by atoms with E-state index in [1.54, 1.807) is 24.3 Å². The topological polar surface area (TPSA) is 53.3 Å². The molecule has 0 saturated carbocycles. The molecule has 0 unspecified atom stereocenters. The quantitative estimate of drug-likeness (QED) is 0.569. The van der Waals surface area contributed by atoms with Crippen molar-refractivity contribution in [2.75, 3.05) is 14.2 Å². The first-order chi connectivity index (χ1) is 7.67. The molecule has 1 aromatic carbocycles. The van der Waals surface area contributed by atoms with Crippen molar-refractivity contribution in [1.82, 2.24) is 5.06 Å². The highest BCUT2D eigenvalue weighted by atomic mass is 16.7. The fraction of sp³-hybridized carbons (Fsp3) is 0.167. The Kier molecular flexibility index (Phi) is 4.25. The van der Waals surface area contributed by atoms with E-state index < -0.39 is 0 Å². The summed E-state index contributed by atoms with van der Waals surface area (Å²) in [5.74, 6) is -0.259. The number of rotatable bonds is 3. The summed E-state index contributed by atoms with van der Waals surface area (Å²) in [4.78, 5) is 16.1. The van der Waals surface area contributed by atoms with E-state index in [0.717, 1.165) is 10.6 Å².